The number of anilines is 1. The van der Waals surface area contributed by atoms with Gasteiger partial charge in [0.15, 0.2) is 11.5 Å². The van der Waals surface area contributed by atoms with Crippen LogP contribution in [-0.4, -0.2) is 28.0 Å². The fourth-order valence-electron chi connectivity index (χ4n) is 4.08. The number of imidazole rings is 1. The predicted octanol–water partition coefficient (Wildman–Crippen LogP) is 5.09. The molecule has 0 aliphatic carbocycles. The Labute approximate surface area is 189 Å². The third-order valence-corrected chi connectivity index (χ3v) is 5.72. The Bertz CT molecular complexity index is 1270. The van der Waals surface area contributed by atoms with Gasteiger partial charge in [-0.05, 0) is 67.9 Å². The number of hydrogen-bond donors (Lipinski definition) is 2. The molecule has 6 nitrogen and oxygen atoms in total. The number of nitrogens with zero attached hydrogens (tertiary/aromatic N) is 2. The van der Waals surface area contributed by atoms with Crippen LogP contribution >= 0.6 is 0 Å². The number of aromatic nitrogens is 2. The largest absolute Gasteiger partial charge is 0.449 e. The summed E-state index contributed by atoms with van der Waals surface area (Å²) in [4.78, 5) is 17.2. The van der Waals surface area contributed by atoms with Gasteiger partial charge in [0.05, 0.1) is 17.7 Å². The summed E-state index contributed by atoms with van der Waals surface area (Å²) >= 11 is 0. The molecule has 1 unspecified atom stereocenters. The number of benzene rings is 2. The molecule has 2 aromatic heterocycles. The molecule has 0 saturated carbocycles. The first-order valence-corrected chi connectivity index (χ1v) is 10.8. The number of nitrogens with one attached hydrogen (secondary N) is 2. The SMILES string of the molecule is O=C(Nc1ccccc1F)c1ccc(-c2c(-c3ccc(F)cc3)ncn2CC2CCCN2)o1. The second-order valence-electron chi connectivity index (χ2n) is 7.99. The van der Waals surface area contributed by atoms with Gasteiger partial charge in [-0.25, -0.2) is 13.8 Å². The molecule has 4 aromatic rings. The fraction of sp³-hybridized carbons (Fsp3) is 0.200. The fourth-order valence-corrected chi connectivity index (χ4v) is 4.08. The van der Waals surface area contributed by atoms with Crippen molar-refractivity contribution in [2.75, 3.05) is 11.9 Å². The normalized spacial score (nSPS) is 15.6. The zero-order valence-electron chi connectivity index (χ0n) is 17.7. The zero-order chi connectivity index (χ0) is 22.8. The highest BCUT2D eigenvalue weighted by atomic mass is 19.1. The van der Waals surface area contributed by atoms with Crippen LogP contribution in [0, 0.1) is 11.6 Å². The van der Waals surface area contributed by atoms with Crippen molar-refractivity contribution in [2.24, 2.45) is 0 Å². The maximum absolute atomic E-state index is 13.9. The van der Waals surface area contributed by atoms with Crippen molar-refractivity contribution < 1.29 is 18.0 Å². The quantitative estimate of drug-likeness (QED) is 0.431. The van der Waals surface area contributed by atoms with Crippen molar-refractivity contribution in [2.45, 2.75) is 25.4 Å². The Kier molecular flexibility index (Phi) is 5.75. The summed E-state index contributed by atoms with van der Waals surface area (Å²) in [7, 11) is 0. The zero-order valence-corrected chi connectivity index (χ0v) is 17.7. The van der Waals surface area contributed by atoms with E-state index in [9.17, 15) is 13.6 Å². The van der Waals surface area contributed by atoms with Gasteiger partial charge in [-0.2, -0.15) is 0 Å². The molecular formula is C25H22F2N4O2. The number of amides is 1. The summed E-state index contributed by atoms with van der Waals surface area (Å²) in [5.74, 6) is -0.926. The van der Waals surface area contributed by atoms with E-state index in [1.54, 1.807) is 42.7 Å². The van der Waals surface area contributed by atoms with Gasteiger partial charge < -0.3 is 19.6 Å². The van der Waals surface area contributed by atoms with Crippen LogP contribution in [0.15, 0.2) is 71.4 Å². The average molecular weight is 448 g/mol. The summed E-state index contributed by atoms with van der Waals surface area (Å²) in [6.07, 6.45) is 3.90. The van der Waals surface area contributed by atoms with E-state index in [4.69, 9.17) is 4.42 Å². The van der Waals surface area contributed by atoms with Gasteiger partial charge >= 0.3 is 0 Å². The van der Waals surface area contributed by atoms with E-state index in [1.807, 2.05) is 4.57 Å². The predicted molar refractivity (Wildman–Crippen MR) is 121 cm³/mol. The maximum Gasteiger partial charge on any atom is 0.291 e. The standard InChI is InChI=1S/C25H22F2N4O2/c26-17-9-7-16(8-10-17)23-24(31(15-29-23)14-18-4-3-13-28-18)21-11-12-22(33-21)25(32)30-20-6-2-1-5-19(20)27/h1-2,5-12,15,18,28H,3-4,13-14H2,(H,30,32). The van der Waals surface area contributed by atoms with Crippen LogP contribution in [0.3, 0.4) is 0 Å². The minimum Gasteiger partial charge on any atom is -0.449 e. The van der Waals surface area contributed by atoms with Crippen molar-refractivity contribution in [3.63, 3.8) is 0 Å². The Hall–Kier alpha value is -3.78. The number of para-hydroxylation sites is 1. The molecule has 0 radical (unpaired) electrons. The monoisotopic (exact) mass is 448 g/mol. The maximum atomic E-state index is 13.9. The van der Waals surface area contributed by atoms with Crippen LogP contribution in [-0.2, 0) is 6.54 Å². The summed E-state index contributed by atoms with van der Waals surface area (Å²) < 4.78 is 35.3. The van der Waals surface area contributed by atoms with Crippen LogP contribution < -0.4 is 10.6 Å². The van der Waals surface area contributed by atoms with Crippen LogP contribution in [0.25, 0.3) is 22.7 Å². The van der Waals surface area contributed by atoms with Gasteiger partial charge in [0, 0.05) is 18.2 Å². The van der Waals surface area contributed by atoms with Crippen LogP contribution in [0.2, 0.25) is 0 Å². The number of furan rings is 1. The first-order chi connectivity index (χ1) is 16.1. The molecule has 8 heteroatoms. The second kappa shape index (κ2) is 8.99. The van der Waals surface area contributed by atoms with Crippen LogP contribution in [0.1, 0.15) is 23.4 Å². The third kappa shape index (κ3) is 4.42. The average Bonchev–Trinajstić information content (AvgIpc) is 3.57. The van der Waals surface area contributed by atoms with Gasteiger partial charge in [-0.3, -0.25) is 4.79 Å². The number of hydrogen-bond acceptors (Lipinski definition) is 4. The number of rotatable bonds is 6. The topological polar surface area (TPSA) is 72.1 Å². The van der Waals surface area contributed by atoms with E-state index >= 15 is 0 Å². The Morgan fingerprint density at radius 3 is 2.70 bits per heavy atom. The van der Waals surface area contributed by atoms with Crippen molar-refractivity contribution in [3.8, 4) is 22.7 Å². The number of carbonyl (C=O) groups is 1. The highest BCUT2D eigenvalue weighted by Crippen LogP contribution is 2.33. The van der Waals surface area contributed by atoms with E-state index in [0.717, 1.165) is 24.9 Å². The summed E-state index contributed by atoms with van der Waals surface area (Å²) in [5, 5.41) is 6.00. The lowest BCUT2D eigenvalue weighted by Gasteiger charge is -2.14. The number of halogens is 2. The van der Waals surface area contributed by atoms with Gasteiger partial charge in [0.25, 0.3) is 5.91 Å². The highest BCUT2D eigenvalue weighted by Gasteiger charge is 2.23. The van der Waals surface area contributed by atoms with Crippen molar-refractivity contribution in [3.05, 3.63) is 84.4 Å². The lowest BCUT2D eigenvalue weighted by Crippen LogP contribution is -2.26. The Morgan fingerprint density at radius 1 is 1.12 bits per heavy atom. The van der Waals surface area contributed by atoms with E-state index < -0.39 is 11.7 Å². The van der Waals surface area contributed by atoms with Crippen molar-refractivity contribution in [1.82, 2.24) is 14.9 Å². The van der Waals surface area contributed by atoms with Crippen LogP contribution in [0.4, 0.5) is 14.5 Å². The molecule has 1 aliphatic heterocycles. The highest BCUT2D eigenvalue weighted by molar-refractivity contribution is 6.02. The Balaban J connectivity index is 1.49. The molecule has 168 valence electrons. The molecule has 0 bridgehead atoms. The first-order valence-electron chi connectivity index (χ1n) is 10.8. The smallest absolute Gasteiger partial charge is 0.291 e. The molecule has 33 heavy (non-hydrogen) atoms. The van der Waals surface area contributed by atoms with Gasteiger partial charge in [0.1, 0.15) is 17.3 Å². The molecule has 1 fully saturated rings. The molecular weight excluding hydrogens is 426 g/mol. The lowest BCUT2D eigenvalue weighted by molar-refractivity contribution is 0.0997. The van der Waals surface area contributed by atoms with E-state index in [2.05, 4.69) is 15.6 Å². The molecule has 3 heterocycles. The lowest BCUT2D eigenvalue weighted by atomic mass is 10.1. The summed E-state index contributed by atoms with van der Waals surface area (Å²) in [6.45, 7) is 1.65. The second-order valence-corrected chi connectivity index (χ2v) is 7.99. The van der Waals surface area contributed by atoms with E-state index in [1.165, 1.54) is 24.3 Å². The Morgan fingerprint density at radius 2 is 1.94 bits per heavy atom. The van der Waals surface area contributed by atoms with Gasteiger partial charge in [-0.1, -0.05) is 12.1 Å². The van der Waals surface area contributed by atoms with Gasteiger partial charge in [0.2, 0.25) is 0 Å². The van der Waals surface area contributed by atoms with Crippen LogP contribution in [0.5, 0.6) is 0 Å². The van der Waals surface area contributed by atoms with Crippen molar-refractivity contribution in [1.29, 1.82) is 0 Å². The van der Waals surface area contributed by atoms with Gasteiger partial charge in [-0.15, -0.1) is 0 Å². The molecule has 1 amide bonds. The molecule has 1 atom stereocenters. The minimum absolute atomic E-state index is 0.0463. The minimum atomic E-state index is -0.557. The molecule has 1 saturated heterocycles. The van der Waals surface area contributed by atoms with E-state index in [-0.39, 0.29) is 17.3 Å². The molecule has 2 N–H and O–H groups in total. The number of carbonyl (C=O) groups excluding carboxylic acids is 1. The molecule has 5 rings (SSSR count). The summed E-state index contributed by atoms with van der Waals surface area (Å²) in [6, 6.07) is 15.6. The molecule has 1 aliphatic rings. The third-order valence-electron chi connectivity index (χ3n) is 5.72. The van der Waals surface area contributed by atoms with E-state index in [0.29, 0.717) is 29.7 Å². The first kappa shape index (κ1) is 21.1. The summed E-state index contributed by atoms with van der Waals surface area (Å²) in [5.41, 5.74) is 2.13. The van der Waals surface area contributed by atoms with Crippen molar-refractivity contribution >= 4 is 11.6 Å². The molecule has 0 spiro atoms. The molecule has 2 aromatic carbocycles.